The van der Waals surface area contributed by atoms with E-state index in [1.54, 1.807) is 0 Å². The van der Waals surface area contributed by atoms with Gasteiger partial charge in [0.25, 0.3) is 0 Å². The fourth-order valence-corrected chi connectivity index (χ4v) is 3.54. The maximum atomic E-state index is 3.65. The number of hydrogen-bond acceptors (Lipinski definition) is 0. The lowest BCUT2D eigenvalue weighted by Gasteiger charge is -2.06. The van der Waals surface area contributed by atoms with Gasteiger partial charge in [0.2, 0.25) is 0 Å². The van der Waals surface area contributed by atoms with Crippen molar-refractivity contribution in [1.29, 1.82) is 0 Å². The van der Waals surface area contributed by atoms with Crippen LogP contribution >= 0.6 is 0 Å². The molecule has 1 nitrogen and oxygen atoms in total. The number of aromatic nitrogens is 1. The average Bonchev–Trinajstić information content (AvgIpc) is 3.09. The molecule has 0 amide bonds. The number of nitrogens with one attached hydrogen (secondary N) is 1. The van der Waals surface area contributed by atoms with Gasteiger partial charge < -0.3 is 4.98 Å². The minimum atomic E-state index is 1.17. The zero-order valence-electron chi connectivity index (χ0n) is 12.6. The molecule has 108 valence electrons. The molecule has 5 rings (SSSR count). The molecule has 1 N–H and O–H groups in total. The van der Waals surface area contributed by atoms with Crippen molar-refractivity contribution in [3.8, 4) is 11.3 Å². The van der Waals surface area contributed by atoms with Crippen LogP contribution in [0.3, 0.4) is 0 Å². The van der Waals surface area contributed by atoms with Crippen molar-refractivity contribution in [2.45, 2.75) is 0 Å². The second kappa shape index (κ2) is 4.72. The third kappa shape index (κ3) is 1.80. The molecule has 0 spiro atoms. The molecule has 0 bridgehead atoms. The third-order valence-corrected chi connectivity index (χ3v) is 4.61. The zero-order chi connectivity index (χ0) is 15.2. The third-order valence-electron chi connectivity index (χ3n) is 4.61. The summed E-state index contributed by atoms with van der Waals surface area (Å²) in [6, 6.07) is 30.1. The first-order valence-electron chi connectivity index (χ1n) is 7.89. The Hall–Kier alpha value is -3.06. The van der Waals surface area contributed by atoms with E-state index in [4.69, 9.17) is 0 Å². The summed E-state index contributed by atoms with van der Waals surface area (Å²) in [6.07, 6.45) is 0. The van der Waals surface area contributed by atoms with E-state index in [-0.39, 0.29) is 0 Å². The first-order valence-corrected chi connectivity index (χ1v) is 7.89. The second-order valence-corrected chi connectivity index (χ2v) is 5.93. The van der Waals surface area contributed by atoms with Crippen LogP contribution in [0.1, 0.15) is 0 Å². The lowest BCUT2D eigenvalue weighted by Crippen LogP contribution is -1.80. The summed E-state index contributed by atoms with van der Waals surface area (Å²) in [7, 11) is 0. The Bertz CT molecular complexity index is 1080. The number of H-pyrrole nitrogens is 1. The monoisotopic (exact) mass is 293 g/mol. The SMILES string of the molecule is c1ccc(-c2cc3c4ccccc4c4ccccc4c3[nH]2)cc1. The molecule has 5 aromatic rings. The molecule has 0 saturated carbocycles. The lowest BCUT2D eigenvalue weighted by atomic mass is 9.98. The molecule has 0 radical (unpaired) electrons. The highest BCUT2D eigenvalue weighted by atomic mass is 14.7. The van der Waals surface area contributed by atoms with Crippen molar-refractivity contribution in [3.05, 3.63) is 84.9 Å². The fourth-order valence-electron chi connectivity index (χ4n) is 3.54. The van der Waals surface area contributed by atoms with Gasteiger partial charge in [0.05, 0.1) is 5.52 Å². The number of fused-ring (bicyclic) bond motifs is 6. The molecule has 0 saturated heterocycles. The van der Waals surface area contributed by atoms with Crippen LogP contribution in [0.5, 0.6) is 0 Å². The number of rotatable bonds is 1. The summed E-state index contributed by atoms with van der Waals surface area (Å²) in [5, 5.41) is 6.49. The average molecular weight is 293 g/mol. The first-order chi connectivity index (χ1) is 11.4. The minimum absolute atomic E-state index is 1.17. The van der Waals surface area contributed by atoms with E-state index in [2.05, 4.69) is 89.9 Å². The second-order valence-electron chi connectivity index (χ2n) is 5.93. The normalized spacial score (nSPS) is 11.5. The summed E-state index contributed by atoms with van der Waals surface area (Å²) in [5.41, 5.74) is 3.61. The Labute approximate surface area is 134 Å². The molecule has 1 heteroatoms. The predicted molar refractivity (Wildman–Crippen MR) is 98.7 cm³/mol. The number of aromatic amines is 1. The van der Waals surface area contributed by atoms with Crippen LogP contribution < -0.4 is 0 Å². The molecule has 0 unspecified atom stereocenters. The summed E-state index contributed by atoms with van der Waals surface area (Å²) in [4.78, 5) is 3.65. The molecule has 0 aliphatic heterocycles. The molecular formula is C22H15N. The smallest absolute Gasteiger partial charge is 0.0544 e. The largest absolute Gasteiger partial charge is 0.354 e. The molecule has 0 fully saturated rings. The Morgan fingerprint density at radius 1 is 0.478 bits per heavy atom. The molecule has 0 aliphatic rings. The van der Waals surface area contributed by atoms with Crippen molar-refractivity contribution in [1.82, 2.24) is 4.98 Å². The van der Waals surface area contributed by atoms with Crippen LogP contribution in [0, 0.1) is 0 Å². The summed E-state index contributed by atoms with van der Waals surface area (Å²) >= 11 is 0. The van der Waals surface area contributed by atoms with Gasteiger partial charge >= 0.3 is 0 Å². The molecule has 0 aliphatic carbocycles. The maximum Gasteiger partial charge on any atom is 0.0544 e. The summed E-state index contributed by atoms with van der Waals surface area (Å²) in [5.74, 6) is 0. The quantitative estimate of drug-likeness (QED) is 0.357. The number of benzene rings is 4. The van der Waals surface area contributed by atoms with Gasteiger partial charge in [0.1, 0.15) is 0 Å². The molecular weight excluding hydrogens is 278 g/mol. The highest BCUT2D eigenvalue weighted by molar-refractivity contribution is 6.25. The van der Waals surface area contributed by atoms with Gasteiger partial charge in [-0.05, 0) is 27.8 Å². The van der Waals surface area contributed by atoms with E-state index < -0.39 is 0 Å². The van der Waals surface area contributed by atoms with Crippen molar-refractivity contribution in [3.63, 3.8) is 0 Å². The predicted octanol–water partition coefficient (Wildman–Crippen LogP) is 6.14. The Kier molecular flexibility index (Phi) is 2.56. The Morgan fingerprint density at radius 2 is 1.00 bits per heavy atom. The number of hydrogen-bond donors (Lipinski definition) is 1. The van der Waals surface area contributed by atoms with Gasteiger partial charge in [0, 0.05) is 16.5 Å². The van der Waals surface area contributed by atoms with Crippen LogP contribution in [0.15, 0.2) is 84.9 Å². The van der Waals surface area contributed by atoms with E-state index in [9.17, 15) is 0 Å². The molecule has 0 atom stereocenters. The Morgan fingerprint density at radius 3 is 1.70 bits per heavy atom. The van der Waals surface area contributed by atoms with Crippen molar-refractivity contribution in [2.24, 2.45) is 0 Å². The Balaban J connectivity index is 1.99. The maximum absolute atomic E-state index is 3.65. The molecule has 1 heterocycles. The van der Waals surface area contributed by atoms with Crippen LogP contribution in [0.2, 0.25) is 0 Å². The summed E-state index contributed by atoms with van der Waals surface area (Å²) in [6.45, 7) is 0. The van der Waals surface area contributed by atoms with Crippen LogP contribution in [-0.2, 0) is 0 Å². The van der Waals surface area contributed by atoms with Crippen molar-refractivity contribution < 1.29 is 0 Å². The minimum Gasteiger partial charge on any atom is -0.354 e. The van der Waals surface area contributed by atoms with Gasteiger partial charge in [0.15, 0.2) is 0 Å². The van der Waals surface area contributed by atoms with Crippen LogP contribution in [0.25, 0.3) is 43.7 Å². The van der Waals surface area contributed by atoms with Gasteiger partial charge in [-0.3, -0.25) is 0 Å². The lowest BCUT2D eigenvalue weighted by molar-refractivity contribution is 1.46. The zero-order valence-corrected chi connectivity index (χ0v) is 12.6. The van der Waals surface area contributed by atoms with Crippen molar-refractivity contribution >= 4 is 32.4 Å². The fraction of sp³-hybridized carbons (Fsp3) is 0. The van der Waals surface area contributed by atoms with Gasteiger partial charge in [-0.25, -0.2) is 0 Å². The standard InChI is InChI=1S/C22H15N/c1-2-8-15(9-3-1)21-14-20-18-12-5-4-10-16(18)17-11-6-7-13-19(17)22(20)23-21/h1-14,23H. The van der Waals surface area contributed by atoms with E-state index in [0.717, 1.165) is 0 Å². The van der Waals surface area contributed by atoms with Crippen molar-refractivity contribution in [2.75, 3.05) is 0 Å². The molecule has 23 heavy (non-hydrogen) atoms. The first kappa shape index (κ1) is 12.5. The highest BCUT2D eigenvalue weighted by Gasteiger charge is 2.11. The van der Waals surface area contributed by atoms with E-state index in [0.29, 0.717) is 0 Å². The molecule has 4 aromatic carbocycles. The molecule has 1 aromatic heterocycles. The topological polar surface area (TPSA) is 15.8 Å². The van der Waals surface area contributed by atoms with Gasteiger partial charge in [-0.1, -0.05) is 78.9 Å². The van der Waals surface area contributed by atoms with Crippen LogP contribution in [0.4, 0.5) is 0 Å². The van der Waals surface area contributed by atoms with E-state index >= 15 is 0 Å². The highest BCUT2D eigenvalue weighted by Crippen LogP contribution is 2.36. The van der Waals surface area contributed by atoms with E-state index in [1.807, 2.05) is 0 Å². The summed E-state index contributed by atoms with van der Waals surface area (Å²) < 4.78 is 0. The van der Waals surface area contributed by atoms with Crippen LogP contribution in [-0.4, -0.2) is 4.98 Å². The van der Waals surface area contributed by atoms with Gasteiger partial charge in [-0.2, -0.15) is 0 Å². The van der Waals surface area contributed by atoms with Gasteiger partial charge in [-0.15, -0.1) is 0 Å². The van der Waals surface area contributed by atoms with E-state index in [1.165, 1.54) is 43.7 Å².